The molecule has 0 aromatic heterocycles. The second kappa shape index (κ2) is 10.9. The minimum absolute atomic E-state index is 0.121. The maximum Gasteiger partial charge on any atom is 0.460 e. The Hall–Kier alpha value is -3.69. The van der Waals surface area contributed by atoms with Crippen LogP contribution in [0.4, 0.5) is 59.7 Å². The first kappa shape index (κ1) is 31.8. The van der Waals surface area contributed by atoms with Crippen LogP contribution < -0.4 is 10.2 Å². The first-order valence-corrected chi connectivity index (χ1v) is 11.7. The van der Waals surface area contributed by atoms with E-state index < -0.39 is 80.4 Å². The predicted octanol–water partition coefficient (Wildman–Crippen LogP) is 8.43. The monoisotopic (exact) mass is 662 g/mol. The normalized spacial score (nSPS) is 12.7. The molecule has 0 heterocycles. The Morgan fingerprint density at radius 2 is 1.41 bits per heavy atom. The van der Waals surface area contributed by atoms with Crippen LogP contribution in [0.3, 0.4) is 0 Å². The fourth-order valence-electron chi connectivity index (χ4n) is 3.52. The average molecular weight is 663 g/mol. The Balaban J connectivity index is 2.05. The van der Waals surface area contributed by atoms with Crippen LogP contribution in [0, 0.1) is 5.82 Å². The van der Waals surface area contributed by atoms with Crippen LogP contribution in [0.15, 0.2) is 65.1 Å². The zero-order chi connectivity index (χ0) is 31.1. The van der Waals surface area contributed by atoms with Crippen LogP contribution in [-0.2, 0) is 12.1 Å². The van der Waals surface area contributed by atoms with Gasteiger partial charge in [-0.15, -0.1) is 0 Å². The van der Waals surface area contributed by atoms with Crippen molar-refractivity contribution in [3.8, 4) is 0 Å². The van der Waals surface area contributed by atoms with Gasteiger partial charge in [-0.25, -0.2) is 4.39 Å². The number of amides is 2. The van der Waals surface area contributed by atoms with E-state index in [1.54, 1.807) is 11.4 Å². The van der Waals surface area contributed by atoms with Crippen molar-refractivity contribution in [1.29, 1.82) is 0 Å². The number of carbonyl (C=O) groups is 2. The van der Waals surface area contributed by atoms with Crippen molar-refractivity contribution >= 4 is 39.1 Å². The molecule has 16 heteroatoms. The maximum absolute atomic E-state index is 15.3. The molecule has 41 heavy (non-hydrogen) atoms. The largest absolute Gasteiger partial charge is 0.460 e. The summed E-state index contributed by atoms with van der Waals surface area (Å²) in [6, 6.07) is 9.55. The first-order valence-electron chi connectivity index (χ1n) is 10.9. The Labute approximate surface area is 231 Å². The van der Waals surface area contributed by atoms with Crippen molar-refractivity contribution in [2.24, 2.45) is 0 Å². The molecule has 3 rings (SSSR count). The van der Waals surface area contributed by atoms with E-state index in [0.29, 0.717) is 0 Å². The summed E-state index contributed by atoms with van der Waals surface area (Å²) in [4.78, 5) is 26.3. The highest BCUT2D eigenvalue weighted by Crippen LogP contribution is 2.53. The average Bonchev–Trinajstić information content (AvgIpc) is 2.87. The van der Waals surface area contributed by atoms with Crippen molar-refractivity contribution < 1.29 is 57.9 Å². The molecular formula is C25H14BrF11N2O2. The molecule has 3 aromatic rings. The van der Waals surface area contributed by atoms with E-state index in [4.69, 9.17) is 0 Å². The summed E-state index contributed by atoms with van der Waals surface area (Å²) in [5.74, 6) is -16.6. The van der Waals surface area contributed by atoms with Crippen molar-refractivity contribution in [2.45, 2.75) is 24.2 Å². The van der Waals surface area contributed by atoms with Gasteiger partial charge in [0.15, 0.2) is 5.82 Å². The fourth-order valence-corrected chi connectivity index (χ4v) is 4.08. The molecule has 0 radical (unpaired) electrons. The van der Waals surface area contributed by atoms with E-state index in [-0.39, 0.29) is 11.6 Å². The lowest BCUT2D eigenvalue weighted by molar-refractivity contribution is -0.359. The van der Waals surface area contributed by atoms with Crippen molar-refractivity contribution in [3.63, 3.8) is 0 Å². The molecule has 0 aliphatic rings. The van der Waals surface area contributed by atoms with Crippen molar-refractivity contribution in [3.05, 3.63) is 93.2 Å². The number of hydrogen-bond acceptors (Lipinski definition) is 2. The first-order chi connectivity index (χ1) is 18.7. The molecule has 220 valence electrons. The predicted molar refractivity (Wildman–Crippen MR) is 128 cm³/mol. The van der Waals surface area contributed by atoms with Gasteiger partial charge in [0, 0.05) is 22.6 Å². The van der Waals surface area contributed by atoms with E-state index in [0.717, 1.165) is 30.1 Å². The zero-order valence-corrected chi connectivity index (χ0v) is 21.7. The van der Waals surface area contributed by atoms with Crippen molar-refractivity contribution in [1.82, 2.24) is 0 Å². The van der Waals surface area contributed by atoms with Crippen LogP contribution >= 0.6 is 15.9 Å². The summed E-state index contributed by atoms with van der Waals surface area (Å²) in [5.41, 5.74) is -7.27. The van der Waals surface area contributed by atoms with E-state index in [1.165, 1.54) is 24.3 Å². The quantitative estimate of drug-likeness (QED) is 0.270. The molecule has 0 saturated carbocycles. The third-order valence-corrected chi connectivity index (χ3v) is 6.28. The molecule has 4 nitrogen and oxygen atoms in total. The summed E-state index contributed by atoms with van der Waals surface area (Å²) in [7, 11) is 1.14. The van der Waals surface area contributed by atoms with E-state index in [9.17, 15) is 53.5 Å². The van der Waals surface area contributed by atoms with Crippen LogP contribution in [0.25, 0.3) is 0 Å². The molecule has 0 bridgehead atoms. The number of benzene rings is 3. The lowest BCUT2D eigenvalue weighted by Gasteiger charge is -2.29. The Morgan fingerprint density at radius 1 is 0.829 bits per heavy atom. The minimum Gasteiger partial charge on any atom is -0.320 e. The molecular weight excluding hydrogens is 649 g/mol. The van der Waals surface area contributed by atoms with E-state index >= 15 is 4.39 Å². The highest BCUT2D eigenvalue weighted by molar-refractivity contribution is 9.10. The topological polar surface area (TPSA) is 49.4 Å². The molecule has 0 aliphatic heterocycles. The smallest absolute Gasteiger partial charge is 0.320 e. The molecule has 0 unspecified atom stereocenters. The zero-order valence-electron chi connectivity index (χ0n) is 20.1. The number of alkyl halides is 10. The van der Waals surface area contributed by atoms with E-state index in [1.807, 2.05) is 0 Å². The lowest BCUT2D eigenvalue weighted by atomic mass is 9.98. The minimum atomic E-state index is -6.83. The molecule has 0 aliphatic carbocycles. The van der Waals surface area contributed by atoms with Gasteiger partial charge >= 0.3 is 24.2 Å². The highest BCUT2D eigenvalue weighted by atomic mass is 79.9. The number of rotatable bonds is 6. The third-order valence-electron chi connectivity index (χ3n) is 5.66. The number of nitrogens with one attached hydrogen (secondary N) is 1. The number of anilines is 2. The van der Waals surface area contributed by atoms with E-state index in [2.05, 4.69) is 15.9 Å². The van der Waals surface area contributed by atoms with Gasteiger partial charge in [-0.2, -0.15) is 43.9 Å². The second-order valence-corrected chi connectivity index (χ2v) is 9.20. The summed E-state index contributed by atoms with van der Waals surface area (Å²) in [6.07, 6.45) is -12.5. The summed E-state index contributed by atoms with van der Waals surface area (Å²) >= 11 is 2.38. The number of carbonyl (C=O) groups excluding carboxylic acids is 2. The molecule has 3 aromatic carbocycles. The van der Waals surface area contributed by atoms with Gasteiger partial charge in [0.1, 0.15) is 0 Å². The van der Waals surface area contributed by atoms with Gasteiger partial charge in [-0.3, -0.25) is 9.59 Å². The SMILES string of the molecule is CN(C(=O)c1ccccc1)c1cccc(C(=O)Nc2c(Br)cc(C(F)(F)C(F)(F)C(F)(F)F)cc2C(F)(F)F)c1F. The molecule has 0 spiro atoms. The molecule has 2 amide bonds. The van der Waals surface area contributed by atoms with Gasteiger partial charge < -0.3 is 10.2 Å². The summed E-state index contributed by atoms with van der Waals surface area (Å²) < 4.78 is 148. The molecule has 1 N–H and O–H groups in total. The van der Waals surface area contributed by atoms with Crippen LogP contribution in [0.5, 0.6) is 0 Å². The van der Waals surface area contributed by atoms with Gasteiger partial charge in [0.25, 0.3) is 11.8 Å². The number of hydrogen-bond donors (Lipinski definition) is 1. The molecule has 0 fully saturated rings. The van der Waals surface area contributed by atoms with Gasteiger partial charge in [-0.1, -0.05) is 24.3 Å². The summed E-state index contributed by atoms with van der Waals surface area (Å²) in [5, 5.41) is 1.61. The third kappa shape index (κ3) is 6.01. The lowest BCUT2D eigenvalue weighted by Crippen LogP contribution is -2.50. The molecule has 0 saturated heterocycles. The van der Waals surface area contributed by atoms with Gasteiger partial charge in [0.2, 0.25) is 0 Å². The maximum atomic E-state index is 15.3. The fraction of sp³-hybridized carbons (Fsp3) is 0.200. The standard InChI is InChI=1S/C25H14BrF11N2O2/c1-39(21(41)12-6-3-2-4-7-12)17-9-5-8-14(18(17)27)20(40)38-19-15(23(30,31)32)10-13(11-16(19)26)22(28,29)24(33,34)25(35,36)37/h2-11H,1H3,(H,38,40). The molecule has 0 atom stereocenters. The Kier molecular flexibility index (Phi) is 8.50. The van der Waals surface area contributed by atoms with Gasteiger partial charge in [0.05, 0.1) is 22.5 Å². The Bertz CT molecular complexity index is 1470. The van der Waals surface area contributed by atoms with Crippen LogP contribution in [0.1, 0.15) is 31.8 Å². The Morgan fingerprint density at radius 3 is 1.95 bits per heavy atom. The van der Waals surface area contributed by atoms with Crippen molar-refractivity contribution in [2.75, 3.05) is 17.3 Å². The number of nitrogens with zero attached hydrogens (tertiary/aromatic N) is 1. The second-order valence-electron chi connectivity index (χ2n) is 8.35. The van der Waals surface area contributed by atoms with Crippen LogP contribution in [0.2, 0.25) is 0 Å². The van der Waals surface area contributed by atoms with Gasteiger partial charge in [-0.05, 0) is 52.3 Å². The summed E-state index contributed by atoms with van der Waals surface area (Å²) in [6.45, 7) is 0. The van der Waals surface area contributed by atoms with Crippen LogP contribution in [-0.4, -0.2) is 31.0 Å². The highest BCUT2D eigenvalue weighted by Gasteiger charge is 2.73. The number of halogens is 12.